The molecule has 1 aromatic rings. The van der Waals surface area contributed by atoms with Crippen molar-refractivity contribution in [1.82, 2.24) is 4.90 Å². The van der Waals surface area contributed by atoms with Crippen LogP contribution in [0.3, 0.4) is 0 Å². The van der Waals surface area contributed by atoms with Gasteiger partial charge in [-0.1, -0.05) is 30.1 Å². The van der Waals surface area contributed by atoms with E-state index in [-0.39, 0.29) is 5.75 Å². The van der Waals surface area contributed by atoms with Gasteiger partial charge < -0.3 is 5.11 Å². The molecule has 2 rings (SSSR count). The summed E-state index contributed by atoms with van der Waals surface area (Å²) in [6.07, 6.45) is 3.58. The summed E-state index contributed by atoms with van der Waals surface area (Å²) < 4.78 is 0. The fourth-order valence-corrected chi connectivity index (χ4v) is 3.32. The molecule has 2 nitrogen and oxygen atoms in total. The first-order chi connectivity index (χ1) is 8.52. The normalized spacial score (nSPS) is 24.7. The molecule has 2 unspecified atom stereocenters. The van der Waals surface area contributed by atoms with Crippen LogP contribution in [0, 0.1) is 0 Å². The monoisotopic (exact) mass is 287 g/mol. The van der Waals surface area contributed by atoms with Crippen molar-refractivity contribution in [2.75, 3.05) is 0 Å². The second kappa shape index (κ2) is 5.68. The number of benzene rings is 1. The van der Waals surface area contributed by atoms with Crippen molar-refractivity contribution in [3.8, 4) is 5.75 Å². The van der Waals surface area contributed by atoms with Crippen LogP contribution in [0.15, 0.2) is 12.1 Å². The van der Waals surface area contributed by atoms with Crippen molar-refractivity contribution in [3.63, 3.8) is 0 Å². The Balaban J connectivity index is 2.23. The zero-order valence-electron chi connectivity index (χ0n) is 10.8. The molecule has 1 aliphatic rings. The van der Waals surface area contributed by atoms with E-state index < -0.39 is 0 Å². The standard InChI is InChI=1S/C14H19Cl2NO/c1-3-12-5-4-9(2)17(12)8-10-6-11(15)7-13(16)14(10)18/h6-7,9,12,18H,3-5,8H2,1-2H3. The second-order valence-electron chi connectivity index (χ2n) is 5.06. The highest BCUT2D eigenvalue weighted by molar-refractivity contribution is 6.35. The summed E-state index contributed by atoms with van der Waals surface area (Å²) in [7, 11) is 0. The van der Waals surface area contributed by atoms with Crippen LogP contribution in [-0.2, 0) is 6.54 Å². The molecule has 18 heavy (non-hydrogen) atoms. The molecule has 0 bridgehead atoms. The van der Waals surface area contributed by atoms with E-state index in [1.54, 1.807) is 12.1 Å². The maximum Gasteiger partial charge on any atom is 0.138 e. The predicted molar refractivity (Wildman–Crippen MR) is 76.4 cm³/mol. The van der Waals surface area contributed by atoms with Gasteiger partial charge in [0.1, 0.15) is 5.75 Å². The van der Waals surface area contributed by atoms with Crippen molar-refractivity contribution < 1.29 is 5.11 Å². The van der Waals surface area contributed by atoms with Crippen molar-refractivity contribution >= 4 is 23.2 Å². The Morgan fingerprint density at radius 3 is 2.72 bits per heavy atom. The fourth-order valence-electron chi connectivity index (χ4n) is 2.79. The van der Waals surface area contributed by atoms with E-state index >= 15 is 0 Å². The number of hydrogen-bond acceptors (Lipinski definition) is 2. The van der Waals surface area contributed by atoms with Crippen LogP contribution in [0.1, 0.15) is 38.7 Å². The Bertz CT molecular complexity index is 436. The molecule has 1 aliphatic heterocycles. The molecule has 100 valence electrons. The van der Waals surface area contributed by atoms with E-state index in [0.717, 1.165) is 12.0 Å². The molecule has 2 atom stereocenters. The van der Waals surface area contributed by atoms with Gasteiger partial charge in [0.15, 0.2) is 0 Å². The lowest BCUT2D eigenvalue weighted by atomic mass is 10.1. The number of rotatable bonds is 3. The average molecular weight is 288 g/mol. The first kappa shape index (κ1) is 14.0. The molecule has 0 amide bonds. The van der Waals surface area contributed by atoms with E-state index in [0.29, 0.717) is 28.7 Å². The van der Waals surface area contributed by atoms with E-state index in [9.17, 15) is 5.11 Å². The summed E-state index contributed by atoms with van der Waals surface area (Å²) in [6, 6.07) is 4.52. The molecular formula is C14H19Cl2NO. The molecule has 1 N–H and O–H groups in total. The third-order valence-electron chi connectivity index (χ3n) is 3.88. The van der Waals surface area contributed by atoms with Gasteiger partial charge in [0.2, 0.25) is 0 Å². The van der Waals surface area contributed by atoms with Crippen LogP contribution < -0.4 is 0 Å². The molecule has 0 aliphatic carbocycles. The topological polar surface area (TPSA) is 23.5 Å². The minimum atomic E-state index is 0.162. The molecule has 4 heteroatoms. The Kier molecular flexibility index (Phi) is 4.41. The third kappa shape index (κ3) is 2.76. The van der Waals surface area contributed by atoms with Gasteiger partial charge in [0.25, 0.3) is 0 Å². The van der Waals surface area contributed by atoms with Crippen LogP contribution >= 0.6 is 23.2 Å². The van der Waals surface area contributed by atoms with Crippen molar-refractivity contribution in [1.29, 1.82) is 0 Å². The van der Waals surface area contributed by atoms with Gasteiger partial charge in [-0.3, -0.25) is 4.90 Å². The lowest BCUT2D eigenvalue weighted by Crippen LogP contribution is -2.33. The Morgan fingerprint density at radius 2 is 2.06 bits per heavy atom. The van der Waals surface area contributed by atoms with Crippen LogP contribution in [0.2, 0.25) is 10.0 Å². The van der Waals surface area contributed by atoms with Crippen LogP contribution in [0.25, 0.3) is 0 Å². The maximum absolute atomic E-state index is 10.0. The fraction of sp³-hybridized carbons (Fsp3) is 0.571. The van der Waals surface area contributed by atoms with E-state index in [1.165, 1.54) is 12.8 Å². The number of nitrogens with zero attached hydrogens (tertiary/aromatic N) is 1. The molecule has 1 saturated heterocycles. The maximum atomic E-state index is 10.0. The van der Waals surface area contributed by atoms with Gasteiger partial charge in [-0.05, 0) is 38.3 Å². The summed E-state index contributed by atoms with van der Waals surface area (Å²) in [4.78, 5) is 2.43. The third-order valence-corrected chi connectivity index (χ3v) is 4.39. The summed E-state index contributed by atoms with van der Waals surface area (Å²) >= 11 is 12.0. The summed E-state index contributed by atoms with van der Waals surface area (Å²) in [5.41, 5.74) is 0.819. The Morgan fingerprint density at radius 1 is 1.33 bits per heavy atom. The molecule has 0 saturated carbocycles. The van der Waals surface area contributed by atoms with Crippen molar-refractivity contribution in [2.45, 2.75) is 51.7 Å². The highest BCUT2D eigenvalue weighted by atomic mass is 35.5. The quantitative estimate of drug-likeness (QED) is 0.887. The number of phenols is 1. The van der Waals surface area contributed by atoms with E-state index in [2.05, 4.69) is 18.7 Å². The van der Waals surface area contributed by atoms with Gasteiger partial charge in [-0.2, -0.15) is 0 Å². The first-order valence-corrected chi connectivity index (χ1v) is 7.21. The van der Waals surface area contributed by atoms with Crippen LogP contribution in [0.5, 0.6) is 5.75 Å². The van der Waals surface area contributed by atoms with Crippen LogP contribution in [0.4, 0.5) is 0 Å². The van der Waals surface area contributed by atoms with Gasteiger partial charge in [0.05, 0.1) is 5.02 Å². The highest BCUT2D eigenvalue weighted by Gasteiger charge is 2.29. The number of aromatic hydroxyl groups is 1. The largest absolute Gasteiger partial charge is 0.506 e. The highest BCUT2D eigenvalue weighted by Crippen LogP contribution is 2.35. The Hall–Kier alpha value is -0.440. The number of phenolic OH excluding ortho intramolecular Hbond substituents is 1. The second-order valence-corrected chi connectivity index (χ2v) is 5.90. The minimum Gasteiger partial charge on any atom is -0.506 e. The smallest absolute Gasteiger partial charge is 0.138 e. The molecule has 1 aromatic carbocycles. The number of halogens is 2. The molecule has 0 spiro atoms. The predicted octanol–water partition coefficient (Wildman–Crippen LogP) is 4.46. The van der Waals surface area contributed by atoms with Crippen LogP contribution in [-0.4, -0.2) is 22.1 Å². The SMILES string of the molecule is CCC1CCC(C)N1Cc1cc(Cl)cc(Cl)c1O. The van der Waals surface area contributed by atoms with Crippen molar-refractivity contribution in [2.24, 2.45) is 0 Å². The average Bonchev–Trinajstić information content (AvgIpc) is 2.67. The van der Waals surface area contributed by atoms with Crippen molar-refractivity contribution in [3.05, 3.63) is 27.7 Å². The van der Waals surface area contributed by atoms with Gasteiger partial charge in [0, 0.05) is 29.2 Å². The van der Waals surface area contributed by atoms with Gasteiger partial charge in [-0.15, -0.1) is 0 Å². The van der Waals surface area contributed by atoms with E-state index in [4.69, 9.17) is 23.2 Å². The molecule has 1 fully saturated rings. The lowest BCUT2D eigenvalue weighted by molar-refractivity contribution is 0.187. The minimum absolute atomic E-state index is 0.162. The molecule has 0 radical (unpaired) electrons. The molecule has 0 aromatic heterocycles. The summed E-state index contributed by atoms with van der Waals surface area (Å²) in [5, 5.41) is 10.9. The molecule has 1 heterocycles. The van der Waals surface area contributed by atoms with Gasteiger partial charge >= 0.3 is 0 Å². The number of hydrogen-bond donors (Lipinski definition) is 1. The summed E-state index contributed by atoms with van der Waals surface area (Å²) in [6.45, 7) is 5.16. The Labute approximate surface area is 119 Å². The zero-order valence-corrected chi connectivity index (χ0v) is 12.3. The lowest BCUT2D eigenvalue weighted by Gasteiger charge is -2.28. The van der Waals surface area contributed by atoms with Gasteiger partial charge in [-0.25, -0.2) is 0 Å². The van der Waals surface area contributed by atoms with E-state index in [1.807, 2.05) is 0 Å². The first-order valence-electron chi connectivity index (χ1n) is 6.45. The summed E-state index contributed by atoms with van der Waals surface area (Å²) in [5.74, 6) is 0.162. The number of likely N-dealkylation sites (tertiary alicyclic amines) is 1. The zero-order chi connectivity index (χ0) is 13.3. The molecular weight excluding hydrogens is 269 g/mol.